The first kappa shape index (κ1) is 27.4. The molecule has 8 aromatic rings. The van der Waals surface area contributed by atoms with E-state index in [2.05, 4.69) is 121 Å². The Morgan fingerprint density at radius 1 is 0.250 bits per heavy atom. The van der Waals surface area contributed by atoms with Gasteiger partial charge in [-0.25, -0.2) is 0 Å². The average molecular weight is 661 g/mol. The summed E-state index contributed by atoms with van der Waals surface area (Å²) in [6.07, 6.45) is 0. The third kappa shape index (κ3) is 3.19. The van der Waals surface area contributed by atoms with Crippen LogP contribution in [0.2, 0.25) is 0 Å². The van der Waals surface area contributed by atoms with Crippen molar-refractivity contribution >= 4 is 33.1 Å². The molecule has 0 aromatic heterocycles. The van der Waals surface area contributed by atoms with Crippen LogP contribution in [0.1, 0.15) is 122 Å². The Hall–Kier alpha value is -6.38. The van der Waals surface area contributed by atoms with Crippen molar-refractivity contribution in [2.75, 3.05) is 0 Å². The van der Waals surface area contributed by atoms with Gasteiger partial charge in [-0.2, -0.15) is 0 Å². The van der Waals surface area contributed by atoms with E-state index in [-0.39, 0.29) is 35.2 Å². The number of benzene rings is 8. The second-order valence-electron chi connectivity index (χ2n) is 15.4. The third-order valence-electron chi connectivity index (χ3n) is 13.1. The van der Waals surface area contributed by atoms with E-state index in [0.29, 0.717) is 22.3 Å². The Morgan fingerprint density at radius 2 is 0.442 bits per heavy atom. The van der Waals surface area contributed by atoms with Gasteiger partial charge in [0.15, 0.2) is 11.6 Å². The van der Waals surface area contributed by atoms with Crippen molar-refractivity contribution in [3.05, 3.63) is 235 Å². The van der Waals surface area contributed by atoms with Gasteiger partial charge in [-0.05, 0) is 137 Å². The molecule has 0 N–H and O–H groups in total. The standard InChI is InChI=1S/C50H28O2/c51-49-41-21-25-17-37-38(46-30-10-2-1-9-29(30)45(37)31-11-3-4-12-32(31)46)18-26(25)22-42(41)50(52)44-24-28-20-40-39(19-27(28)23-43(44)49)47-33-13-5-7-15-35(33)48(40)36-16-8-6-14-34(36)47/h1-24,45-48H. The molecular weight excluding hydrogens is 633 g/mol. The van der Waals surface area contributed by atoms with Crippen molar-refractivity contribution in [3.63, 3.8) is 0 Å². The summed E-state index contributed by atoms with van der Waals surface area (Å²) in [5.41, 5.74) is 18.2. The lowest BCUT2D eigenvalue weighted by molar-refractivity contribution is 0.0979. The van der Waals surface area contributed by atoms with E-state index in [4.69, 9.17) is 0 Å². The highest BCUT2D eigenvalue weighted by Crippen LogP contribution is 2.58. The molecule has 7 aliphatic carbocycles. The minimum Gasteiger partial charge on any atom is -0.289 e. The van der Waals surface area contributed by atoms with Gasteiger partial charge in [-0.15, -0.1) is 0 Å². The molecule has 15 rings (SSSR count). The molecule has 0 aliphatic heterocycles. The van der Waals surface area contributed by atoms with E-state index in [1.54, 1.807) is 0 Å². The molecule has 0 spiro atoms. The zero-order valence-corrected chi connectivity index (χ0v) is 28.0. The predicted molar refractivity (Wildman–Crippen MR) is 204 cm³/mol. The SMILES string of the molecule is O=C1c2cc3cc4c(cc3cc2C(=O)c2cc3cc5c(cc3cc21)C1c2ccccc2C5c2ccccc21)C1c2ccccc2C4c2ccccc21. The number of carbonyl (C=O) groups excluding carboxylic acids is 2. The van der Waals surface area contributed by atoms with Crippen LogP contribution in [0.3, 0.4) is 0 Å². The molecule has 0 atom stereocenters. The fraction of sp³-hybridized carbons (Fsp3) is 0.0800. The van der Waals surface area contributed by atoms with Gasteiger partial charge in [0.1, 0.15) is 0 Å². The van der Waals surface area contributed by atoms with E-state index in [9.17, 15) is 9.59 Å². The lowest BCUT2D eigenvalue weighted by Crippen LogP contribution is -2.27. The van der Waals surface area contributed by atoms with Crippen molar-refractivity contribution in [2.24, 2.45) is 0 Å². The monoisotopic (exact) mass is 660 g/mol. The topological polar surface area (TPSA) is 34.1 Å². The smallest absolute Gasteiger partial charge is 0.194 e. The second-order valence-corrected chi connectivity index (χ2v) is 15.4. The highest BCUT2D eigenvalue weighted by atomic mass is 16.1. The number of ketones is 2. The Morgan fingerprint density at radius 3 is 0.635 bits per heavy atom. The van der Waals surface area contributed by atoms with Gasteiger partial charge in [-0.3, -0.25) is 9.59 Å². The Bertz CT molecular complexity index is 2540. The summed E-state index contributed by atoms with van der Waals surface area (Å²) < 4.78 is 0. The Labute approximate surface area is 300 Å². The van der Waals surface area contributed by atoms with Crippen LogP contribution in [0, 0.1) is 0 Å². The average Bonchev–Trinajstić information content (AvgIpc) is 3.19. The lowest BCUT2D eigenvalue weighted by atomic mass is 9.60. The first-order chi connectivity index (χ1) is 25.6. The summed E-state index contributed by atoms with van der Waals surface area (Å²) in [5, 5.41) is 4.03. The van der Waals surface area contributed by atoms with Gasteiger partial charge >= 0.3 is 0 Å². The zero-order chi connectivity index (χ0) is 34.0. The van der Waals surface area contributed by atoms with Crippen LogP contribution in [-0.4, -0.2) is 11.6 Å². The molecule has 2 heteroatoms. The van der Waals surface area contributed by atoms with Gasteiger partial charge < -0.3 is 0 Å². The van der Waals surface area contributed by atoms with Crippen molar-refractivity contribution in [1.29, 1.82) is 0 Å². The molecule has 0 radical (unpaired) electrons. The second kappa shape index (κ2) is 9.29. The van der Waals surface area contributed by atoms with Crippen LogP contribution in [0.25, 0.3) is 21.5 Å². The molecule has 0 unspecified atom stereocenters. The quantitative estimate of drug-likeness (QED) is 0.162. The molecule has 0 saturated carbocycles. The number of fused-ring (bicyclic) bond motifs is 4. The molecule has 4 bridgehead atoms. The Kier molecular flexibility index (Phi) is 4.89. The normalized spacial score (nSPS) is 20.4. The lowest BCUT2D eigenvalue weighted by Gasteiger charge is -2.42. The van der Waals surface area contributed by atoms with Crippen LogP contribution < -0.4 is 0 Å². The van der Waals surface area contributed by atoms with Crippen molar-refractivity contribution < 1.29 is 9.59 Å². The van der Waals surface area contributed by atoms with Gasteiger partial charge in [0.2, 0.25) is 0 Å². The zero-order valence-electron chi connectivity index (χ0n) is 28.0. The highest BCUT2D eigenvalue weighted by Gasteiger charge is 2.43. The van der Waals surface area contributed by atoms with E-state index in [1.807, 2.05) is 24.3 Å². The fourth-order valence-corrected chi connectivity index (χ4v) is 11.0. The van der Waals surface area contributed by atoms with Gasteiger partial charge in [0, 0.05) is 45.9 Å². The largest absolute Gasteiger partial charge is 0.289 e. The maximum absolute atomic E-state index is 14.5. The maximum atomic E-state index is 14.5. The van der Waals surface area contributed by atoms with E-state index < -0.39 is 0 Å². The molecule has 8 aromatic carbocycles. The Balaban J connectivity index is 0.980. The number of hydrogen-bond acceptors (Lipinski definition) is 2. The van der Waals surface area contributed by atoms with E-state index in [1.165, 1.54) is 66.8 Å². The van der Waals surface area contributed by atoms with Gasteiger partial charge in [-0.1, -0.05) is 97.1 Å². The minimum absolute atomic E-state index is 0.0711. The highest BCUT2D eigenvalue weighted by molar-refractivity contribution is 6.30. The predicted octanol–water partition coefficient (Wildman–Crippen LogP) is 10.7. The molecular formula is C50H28O2. The van der Waals surface area contributed by atoms with Crippen LogP contribution >= 0.6 is 0 Å². The number of carbonyl (C=O) groups is 2. The van der Waals surface area contributed by atoms with Crippen LogP contribution in [0.4, 0.5) is 0 Å². The maximum Gasteiger partial charge on any atom is 0.194 e. The summed E-state index contributed by atoms with van der Waals surface area (Å²) in [5.74, 6) is 0.459. The number of hydrogen-bond donors (Lipinski definition) is 0. The first-order valence-corrected chi connectivity index (χ1v) is 18.3. The van der Waals surface area contributed by atoms with Crippen molar-refractivity contribution in [1.82, 2.24) is 0 Å². The van der Waals surface area contributed by atoms with Crippen LogP contribution in [-0.2, 0) is 0 Å². The third-order valence-corrected chi connectivity index (χ3v) is 13.1. The molecule has 0 saturated heterocycles. The summed E-state index contributed by atoms with van der Waals surface area (Å²) >= 11 is 0. The van der Waals surface area contributed by atoms with Crippen LogP contribution in [0.15, 0.2) is 146 Å². The molecule has 7 aliphatic rings. The molecule has 240 valence electrons. The summed E-state index contributed by atoms with van der Waals surface area (Å²) in [6, 6.07) is 52.4. The first-order valence-electron chi connectivity index (χ1n) is 18.3. The molecule has 0 amide bonds. The minimum atomic E-state index is -0.0711. The number of rotatable bonds is 0. The van der Waals surface area contributed by atoms with E-state index >= 15 is 0 Å². The van der Waals surface area contributed by atoms with Crippen LogP contribution in [0.5, 0.6) is 0 Å². The summed E-state index contributed by atoms with van der Waals surface area (Å²) in [4.78, 5) is 29.0. The van der Waals surface area contributed by atoms with Crippen molar-refractivity contribution in [2.45, 2.75) is 23.7 Å². The molecule has 2 nitrogen and oxygen atoms in total. The summed E-state index contributed by atoms with van der Waals surface area (Å²) in [6.45, 7) is 0. The molecule has 0 heterocycles. The van der Waals surface area contributed by atoms with Gasteiger partial charge in [0.25, 0.3) is 0 Å². The van der Waals surface area contributed by atoms with E-state index in [0.717, 1.165) is 21.5 Å². The summed E-state index contributed by atoms with van der Waals surface area (Å²) in [7, 11) is 0. The fourth-order valence-electron chi connectivity index (χ4n) is 11.0. The molecule has 52 heavy (non-hydrogen) atoms. The van der Waals surface area contributed by atoms with Gasteiger partial charge in [0.05, 0.1) is 0 Å². The van der Waals surface area contributed by atoms with Crippen molar-refractivity contribution in [3.8, 4) is 0 Å². The molecule has 0 fully saturated rings.